The third-order valence-electron chi connectivity index (χ3n) is 3.01. The number of hydrogen-bond acceptors (Lipinski definition) is 4. The fourth-order valence-corrected chi connectivity index (χ4v) is 3.94. The number of ether oxygens (including phenoxy) is 1. The minimum absolute atomic E-state index is 0.00807. The molecular weight excluding hydrogens is 270 g/mol. The Morgan fingerprint density at radius 2 is 1.95 bits per heavy atom. The Labute approximate surface area is 114 Å². The topological polar surface area (TPSA) is 83.9 Å². The van der Waals surface area contributed by atoms with Crippen molar-refractivity contribution in [2.75, 3.05) is 25.4 Å². The van der Waals surface area contributed by atoms with Crippen molar-refractivity contribution in [2.45, 2.75) is 39.2 Å². The van der Waals surface area contributed by atoms with Gasteiger partial charge < -0.3 is 9.84 Å². The van der Waals surface area contributed by atoms with Gasteiger partial charge in [0.05, 0.1) is 24.9 Å². The molecule has 0 unspecified atom stereocenters. The highest BCUT2D eigenvalue weighted by Crippen LogP contribution is 2.18. The van der Waals surface area contributed by atoms with Crippen LogP contribution in [-0.2, 0) is 19.6 Å². The smallest absolute Gasteiger partial charge is 0.305 e. The molecule has 0 amide bonds. The number of carbonyl (C=O) groups is 1. The van der Waals surface area contributed by atoms with Gasteiger partial charge in [-0.3, -0.25) is 4.79 Å². The van der Waals surface area contributed by atoms with Crippen LogP contribution in [0, 0.1) is 5.92 Å². The summed E-state index contributed by atoms with van der Waals surface area (Å²) in [5.74, 6) is -0.580. The lowest BCUT2D eigenvalue weighted by Crippen LogP contribution is -2.42. The molecule has 0 aromatic carbocycles. The minimum Gasteiger partial charge on any atom is -0.481 e. The number of nitrogens with zero attached hydrogens (tertiary/aromatic N) is 1. The van der Waals surface area contributed by atoms with E-state index in [1.165, 1.54) is 4.31 Å². The van der Waals surface area contributed by atoms with E-state index >= 15 is 0 Å². The highest BCUT2D eigenvalue weighted by molar-refractivity contribution is 7.89. The van der Waals surface area contributed by atoms with Gasteiger partial charge >= 0.3 is 5.97 Å². The van der Waals surface area contributed by atoms with Crippen LogP contribution in [0.4, 0.5) is 0 Å². The number of aliphatic carboxylic acids is 1. The summed E-state index contributed by atoms with van der Waals surface area (Å²) in [6, 6.07) is 0. The number of sulfonamides is 1. The first-order valence-electron chi connectivity index (χ1n) is 6.62. The zero-order chi connectivity index (χ0) is 14.5. The van der Waals surface area contributed by atoms with E-state index in [0.717, 1.165) is 0 Å². The fraction of sp³-hybridized carbons (Fsp3) is 0.917. The molecular formula is C12H23NO5S. The van der Waals surface area contributed by atoms with Crippen LogP contribution in [-0.4, -0.2) is 55.4 Å². The first kappa shape index (κ1) is 16.4. The maximum absolute atomic E-state index is 12.0. The monoisotopic (exact) mass is 293 g/mol. The van der Waals surface area contributed by atoms with Gasteiger partial charge in [0.25, 0.3) is 0 Å². The average molecular weight is 293 g/mol. The molecule has 0 bridgehead atoms. The molecule has 6 nitrogen and oxygen atoms in total. The second-order valence-corrected chi connectivity index (χ2v) is 7.30. The fourth-order valence-electron chi connectivity index (χ4n) is 2.12. The third-order valence-corrected chi connectivity index (χ3v) is 5.25. The van der Waals surface area contributed by atoms with Crippen molar-refractivity contribution in [1.29, 1.82) is 0 Å². The van der Waals surface area contributed by atoms with Gasteiger partial charge in [-0.2, -0.15) is 0 Å². The maximum atomic E-state index is 12.0. The van der Waals surface area contributed by atoms with Gasteiger partial charge in [0.2, 0.25) is 10.0 Å². The molecule has 0 atom stereocenters. The van der Waals surface area contributed by atoms with Crippen LogP contribution in [0.5, 0.6) is 0 Å². The first-order chi connectivity index (χ1) is 8.81. The lowest BCUT2D eigenvalue weighted by molar-refractivity contribution is -0.138. The Morgan fingerprint density at radius 3 is 2.42 bits per heavy atom. The quantitative estimate of drug-likeness (QED) is 0.755. The summed E-state index contributed by atoms with van der Waals surface area (Å²) in [4.78, 5) is 10.4. The highest BCUT2D eigenvalue weighted by Gasteiger charge is 2.28. The second kappa shape index (κ2) is 7.21. The van der Waals surface area contributed by atoms with Crippen LogP contribution < -0.4 is 0 Å². The first-order valence-corrected chi connectivity index (χ1v) is 8.23. The van der Waals surface area contributed by atoms with Crippen molar-refractivity contribution in [2.24, 2.45) is 5.92 Å². The molecule has 0 saturated carbocycles. The predicted molar refractivity (Wildman–Crippen MR) is 71.4 cm³/mol. The van der Waals surface area contributed by atoms with Crippen molar-refractivity contribution in [3.63, 3.8) is 0 Å². The molecule has 1 fully saturated rings. The van der Waals surface area contributed by atoms with Gasteiger partial charge in [-0.25, -0.2) is 12.7 Å². The maximum Gasteiger partial charge on any atom is 0.305 e. The van der Waals surface area contributed by atoms with Gasteiger partial charge in [0.15, 0.2) is 0 Å². The van der Waals surface area contributed by atoms with Crippen LogP contribution in [0.25, 0.3) is 0 Å². The van der Waals surface area contributed by atoms with Crippen molar-refractivity contribution in [3.8, 4) is 0 Å². The molecule has 1 aliphatic rings. The van der Waals surface area contributed by atoms with E-state index in [2.05, 4.69) is 0 Å². The molecule has 7 heteroatoms. The molecule has 0 aliphatic carbocycles. The summed E-state index contributed by atoms with van der Waals surface area (Å²) < 4.78 is 31.0. The van der Waals surface area contributed by atoms with E-state index in [9.17, 15) is 13.2 Å². The van der Waals surface area contributed by atoms with Gasteiger partial charge in [-0.1, -0.05) is 13.8 Å². The molecule has 1 aliphatic heterocycles. The molecule has 112 valence electrons. The lowest BCUT2D eigenvalue weighted by atomic mass is 10.1. The lowest BCUT2D eigenvalue weighted by Gasteiger charge is -2.31. The molecule has 0 spiro atoms. The van der Waals surface area contributed by atoms with E-state index < -0.39 is 16.0 Å². The van der Waals surface area contributed by atoms with E-state index in [1.807, 2.05) is 13.8 Å². The summed E-state index contributed by atoms with van der Waals surface area (Å²) in [5, 5.41) is 8.51. The molecule has 1 N–H and O–H groups in total. The average Bonchev–Trinajstić information content (AvgIpc) is 2.27. The zero-order valence-electron chi connectivity index (χ0n) is 11.5. The van der Waals surface area contributed by atoms with Crippen molar-refractivity contribution < 1.29 is 23.1 Å². The number of hydrogen-bond donors (Lipinski definition) is 1. The summed E-state index contributed by atoms with van der Waals surface area (Å²) in [6.07, 6.45) is 1.24. The Bertz CT molecular complexity index is 385. The largest absolute Gasteiger partial charge is 0.481 e. The predicted octanol–water partition coefficient (Wildman–Crippen LogP) is 0.928. The van der Waals surface area contributed by atoms with Gasteiger partial charge in [0, 0.05) is 13.1 Å². The van der Waals surface area contributed by atoms with Crippen molar-refractivity contribution >= 4 is 16.0 Å². The Balaban J connectivity index is 2.34. The van der Waals surface area contributed by atoms with Gasteiger partial charge in [0.1, 0.15) is 0 Å². The summed E-state index contributed by atoms with van der Waals surface area (Å²) in [6.45, 7) is 4.90. The van der Waals surface area contributed by atoms with Crippen LogP contribution in [0.1, 0.15) is 33.1 Å². The molecule has 19 heavy (non-hydrogen) atoms. The van der Waals surface area contributed by atoms with E-state index in [4.69, 9.17) is 9.84 Å². The SMILES string of the molecule is CC(C)CS(=O)(=O)N1CCC(OCCC(=O)O)CC1. The normalized spacial score (nSPS) is 18.9. The number of rotatable bonds is 7. The second-order valence-electron chi connectivity index (χ2n) is 5.29. The van der Waals surface area contributed by atoms with Gasteiger partial charge in [-0.15, -0.1) is 0 Å². The molecule has 1 heterocycles. The van der Waals surface area contributed by atoms with Gasteiger partial charge in [-0.05, 0) is 18.8 Å². The molecule has 1 saturated heterocycles. The Morgan fingerprint density at radius 1 is 1.37 bits per heavy atom. The highest BCUT2D eigenvalue weighted by atomic mass is 32.2. The molecule has 1 rings (SSSR count). The Hall–Kier alpha value is -0.660. The number of carboxylic acids is 1. The van der Waals surface area contributed by atoms with Crippen LogP contribution in [0.15, 0.2) is 0 Å². The number of piperidine rings is 1. The van der Waals surface area contributed by atoms with Crippen molar-refractivity contribution in [3.05, 3.63) is 0 Å². The summed E-state index contributed by atoms with van der Waals surface area (Å²) in [5.41, 5.74) is 0. The van der Waals surface area contributed by atoms with E-state index in [-0.39, 0.29) is 30.8 Å². The van der Waals surface area contributed by atoms with Crippen LogP contribution >= 0.6 is 0 Å². The minimum atomic E-state index is -3.16. The zero-order valence-corrected chi connectivity index (χ0v) is 12.4. The van der Waals surface area contributed by atoms with E-state index in [0.29, 0.717) is 25.9 Å². The molecule has 0 aromatic rings. The summed E-state index contributed by atoms with van der Waals surface area (Å²) >= 11 is 0. The number of carboxylic acid groups (broad SMARTS) is 1. The molecule has 0 radical (unpaired) electrons. The van der Waals surface area contributed by atoms with Crippen LogP contribution in [0.2, 0.25) is 0 Å². The standard InChI is InChI=1S/C12H23NO5S/c1-10(2)9-19(16,17)13-6-3-11(4-7-13)18-8-5-12(14)15/h10-11H,3-9H2,1-2H3,(H,14,15). The third kappa shape index (κ3) is 5.88. The van der Waals surface area contributed by atoms with Crippen LogP contribution in [0.3, 0.4) is 0 Å². The van der Waals surface area contributed by atoms with E-state index in [1.54, 1.807) is 0 Å². The summed E-state index contributed by atoms with van der Waals surface area (Å²) in [7, 11) is -3.16. The van der Waals surface area contributed by atoms with Crippen molar-refractivity contribution in [1.82, 2.24) is 4.31 Å². The molecule has 0 aromatic heterocycles. The Kier molecular flexibility index (Phi) is 6.22.